The third kappa shape index (κ3) is 2.29. The van der Waals surface area contributed by atoms with E-state index in [-0.39, 0.29) is 0 Å². The van der Waals surface area contributed by atoms with Gasteiger partial charge in [-0.1, -0.05) is 6.07 Å². The van der Waals surface area contributed by atoms with E-state index in [1.165, 1.54) is 11.1 Å². The average Bonchev–Trinajstić information content (AvgIpc) is 2.73. The van der Waals surface area contributed by atoms with Crippen LogP contribution in [0.25, 0.3) is 11.2 Å². The van der Waals surface area contributed by atoms with Crippen molar-refractivity contribution in [3.05, 3.63) is 47.3 Å². The molecular formula is C15H15N3O. The second-order valence-electron chi connectivity index (χ2n) is 4.69. The normalized spacial score (nSPS) is 10.9. The van der Waals surface area contributed by atoms with Crippen LogP contribution in [0, 0.1) is 20.8 Å². The second-order valence-corrected chi connectivity index (χ2v) is 4.69. The van der Waals surface area contributed by atoms with Crippen LogP contribution in [0.5, 0.6) is 11.6 Å². The smallest absolute Gasteiger partial charge is 0.221 e. The molecule has 0 spiro atoms. The summed E-state index contributed by atoms with van der Waals surface area (Å²) in [7, 11) is 0. The lowest BCUT2D eigenvalue weighted by Gasteiger charge is -2.06. The fraction of sp³-hybridized carbons (Fsp3) is 0.200. The number of ether oxygens (including phenoxy) is 1. The molecule has 0 aliphatic carbocycles. The van der Waals surface area contributed by atoms with E-state index in [0.29, 0.717) is 11.5 Å². The van der Waals surface area contributed by atoms with Crippen molar-refractivity contribution in [2.45, 2.75) is 20.8 Å². The molecule has 0 saturated carbocycles. The number of hydrogen-bond acceptors (Lipinski definition) is 3. The lowest BCUT2D eigenvalue weighted by atomic mass is 10.1. The summed E-state index contributed by atoms with van der Waals surface area (Å²) in [6.07, 6.45) is 0. The van der Waals surface area contributed by atoms with Gasteiger partial charge in [-0.3, -0.25) is 0 Å². The van der Waals surface area contributed by atoms with Gasteiger partial charge in [0.15, 0.2) is 5.65 Å². The van der Waals surface area contributed by atoms with Crippen LogP contribution in [0.1, 0.15) is 17.0 Å². The first-order chi connectivity index (χ1) is 9.11. The molecule has 0 amide bonds. The van der Waals surface area contributed by atoms with Crippen LogP contribution in [-0.4, -0.2) is 15.0 Å². The third-order valence-electron chi connectivity index (χ3n) is 3.14. The lowest BCUT2D eigenvalue weighted by Crippen LogP contribution is -1.90. The molecule has 0 unspecified atom stereocenters. The van der Waals surface area contributed by atoms with Gasteiger partial charge in [0.25, 0.3) is 0 Å². The number of fused-ring (bicyclic) bond motifs is 1. The van der Waals surface area contributed by atoms with Gasteiger partial charge in [0.2, 0.25) is 5.88 Å². The zero-order chi connectivity index (χ0) is 13.4. The maximum Gasteiger partial charge on any atom is 0.221 e. The topological polar surface area (TPSA) is 50.8 Å². The molecule has 0 bridgehead atoms. The highest BCUT2D eigenvalue weighted by molar-refractivity contribution is 5.71. The Morgan fingerprint density at radius 2 is 1.79 bits per heavy atom. The Kier molecular flexibility index (Phi) is 2.71. The first-order valence-electron chi connectivity index (χ1n) is 6.20. The van der Waals surface area contributed by atoms with Crippen molar-refractivity contribution in [1.29, 1.82) is 0 Å². The van der Waals surface area contributed by atoms with E-state index < -0.39 is 0 Å². The van der Waals surface area contributed by atoms with E-state index in [1.807, 2.05) is 37.3 Å². The molecule has 4 nitrogen and oxygen atoms in total. The van der Waals surface area contributed by atoms with Crippen LogP contribution in [0.4, 0.5) is 0 Å². The molecule has 1 N–H and O–H groups in total. The van der Waals surface area contributed by atoms with Crippen molar-refractivity contribution >= 4 is 11.2 Å². The first-order valence-corrected chi connectivity index (χ1v) is 6.20. The molecule has 96 valence electrons. The number of aryl methyl sites for hydroxylation is 3. The van der Waals surface area contributed by atoms with Gasteiger partial charge in [-0.05, 0) is 50.1 Å². The number of nitrogens with one attached hydrogen (secondary N) is 1. The minimum Gasteiger partial charge on any atom is -0.439 e. The Morgan fingerprint density at radius 3 is 2.58 bits per heavy atom. The van der Waals surface area contributed by atoms with Gasteiger partial charge in [0, 0.05) is 6.07 Å². The summed E-state index contributed by atoms with van der Waals surface area (Å²) in [5.74, 6) is 2.20. The largest absolute Gasteiger partial charge is 0.439 e. The van der Waals surface area contributed by atoms with Crippen molar-refractivity contribution in [3.63, 3.8) is 0 Å². The van der Waals surface area contributed by atoms with E-state index in [0.717, 1.165) is 17.1 Å². The van der Waals surface area contributed by atoms with Gasteiger partial charge in [0.05, 0.1) is 5.52 Å². The molecule has 0 radical (unpaired) electrons. The summed E-state index contributed by atoms with van der Waals surface area (Å²) in [6.45, 7) is 6.05. The van der Waals surface area contributed by atoms with Crippen LogP contribution in [0.2, 0.25) is 0 Å². The van der Waals surface area contributed by atoms with Crippen molar-refractivity contribution in [2.75, 3.05) is 0 Å². The summed E-state index contributed by atoms with van der Waals surface area (Å²) in [6, 6.07) is 9.77. The SMILES string of the molecule is Cc1nc2nc(Oc3ccc(C)c(C)c3)ccc2[nH]1. The molecule has 19 heavy (non-hydrogen) atoms. The van der Waals surface area contributed by atoms with E-state index >= 15 is 0 Å². The van der Waals surface area contributed by atoms with Gasteiger partial charge in [0.1, 0.15) is 11.6 Å². The molecule has 0 fully saturated rings. The molecule has 3 aromatic rings. The highest BCUT2D eigenvalue weighted by atomic mass is 16.5. The maximum atomic E-state index is 5.77. The molecule has 2 heterocycles. The van der Waals surface area contributed by atoms with Gasteiger partial charge in [-0.15, -0.1) is 0 Å². The molecule has 4 heteroatoms. The summed E-state index contributed by atoms with van der Waals surface area (Å²) >= 11 is 0. The molecule has 0 aliphatic heterocycles. The number of rotatable bonds is 2. The fourth-order valence-corrected chi connectivity index (χ4v) is 1.95. The zero-order valence-corrected chi connectivity index (χ0v) is 11.2. The summed E-state index contributed by atoms with van der Waals surface area (Å²) in [4.78, 5) is 11.8. The number of benzene rings is 1. The van der Waals surface area contributed by atoms with Crippen LogP contribution in [0.15, 0.2) is 30.3 Å². The molecule has 0 aliphatic rings. The lowest BCUT2D eigenvalue weighted by molar-refractivity contribution is 0.464. The average molecular weight is 253 g/mol. The molecule has 3 rings (SSSR count). The molecule has 0 atom stereocenters. The number of hydrogen-bond donors (Lipinski definition) is 1. The highest BCUT2D eigenvalue weighted by Gasteiger charge is 2.05. The Labute approximate surface area is 111 Å². The Balaban J connectivity index is 1.93. The molecule has 1 aromatic carbocycles. The minimum absolute atomic E-state index is 0.558. The van der Waals surface area contributed by atoms with Crippen molar-refractivity contribution in [3.8, 4) is 11.6 Å². The predicted octanol–water partition coefficient (Wildman–Crippen LogP) is 3.68. The summed E-state index contributed by atoms with van der Waals surface area (Å²) in [5.41, 5.74) is 4.05. The van der Waals surface area contributed by atoms with Gasteiger partial charge in [-0.2, -0.15) is 4.98 Å². The summed E-state index contributed by atoms with van der Waals surface area (Å²) < 4.78 is 5.77. The fourth-order valence-electron chi connectivity index (χ4n) is 1.95. The van der Waals surface area contributed by atoms with Crippen molar-refractivity contribution in [1.82, 2.24) is 15.0 Å². The quantitative estimate of drug-likeness (QED) is 0.758. The number of aromatic amines is 1. The van der Waals surface area contributed by atoms with Gasteiger partial charge in [-0.25, -0.2) is 4.98 Å². The van der Waals surface area contributed by atoms with Crippen molar-refractivity contribution < 1.29 is 4.74 Å². The van der Waals surface area contributed by atoms with Gasteiger partial charge >= 0.3 is 0 Å². The Hall–Kier alpha value is -2.36. The number of pyridine rings is 1. The van der Waals surface area contributed by atoms with E-state index in [9.17, 15) is 0 Å². The zero-order valence-electron chi connectivity index (χ0n) is 11.2. The molecular weight excluding hydrogens is 238 g/mol. The number of H-pyrrole nitrogens is 1. The highest BCUT2D eigenvalue weighted by Crippen LogP contribution is 2.23. The maximum absolute atomic E-state index is 5.77. The second kappa shape index (κ2) is 4.39. The molecule has 0 saturated heterocycles. The molecule has 2 aromatic heterocycles. The standard InChI is InChI=1S/C15H15N3O/c1-9-4-5-12(8-10(9)2)19-14-7-6-13-15(18-14)17-11(3)16-13/h4-8H,1-3H3,(H,16,17,18). The van der Waals surface area contributed by atoms with E-state index in [4.69, 9.17) is 4.74 Å². The minimum atomic E-state index is 0.558. The van der Waals surface area contributed by atoms with E-state index in [2.05, 4.69) is 28.8 Å². The van der Waals surface area contributed by atoms with Crippen LogP contribution < -0.4 is 4.74 Å². The third-order valence-corrected chi connectivity index (χ3v) is 3.14. The van der Waals surface area contributed by atoms with E-state index in [1.54, 1.807) is 0 Å². The predicted molar refractivity (Wildman–Crippen MR) is 74.6 cm³/mol. The Bertz CT molecular complexity index is 746. The summed E-state index contributed by atoms with van der Waals surface area (Å²) in [5, 5.41) is 0. The first kappa shape index (κ1) is 11.7. The number of imidazole rings is 1. The number of aromatic nitrogens is 3. The van der Waals surface area contributed by atoms with Crippen LogP contribution in [-0.2, 0) is 0 Å². The van der Waals surface area contributed by atoms with Crippen LogP contribution >= 0.6 is 0 Å². The van der Waals surface area contributed by atoms with Crippen molar-refractivity contribution in [2.24, 2.45) is 0 Å². The Morgan fingerprint density at radius 1 is 0.947 bits per heavy atom. The number of nitrogens with zero attached hydrogens (tertiary/aromatic N) is 2. The van der Waals surface area contributed by atoms with Crippen LogP contribution in [0.3, 0.4) is 0 Å². The monoisotopic (exact) mass is 253 g/mol. The van der Waals surface area contributed by atoms with Gasteiger partial charge < -0.3 is 9.72 Å².